The molecule has 2 unspecified atom stereocenters. The Morgan fingerprint density at radius 2 is 1.72 bits per heavy atom. The first-order valence-corrected chi connectivity index (χ1v) is 9.48. The molecule has 0 aliphatic heterocycles. The third kappa shape index (κ3) is 5.67. The maximum absolute atomic E-state index is 9.45. The third-order valence-electron chi connectivity index (χ3n) is 4.84. The summed E-state index contributed by atoms with van der Waals surface area (Å²) < 4.78 is 0. The lowest BCUT2D eigenvalue weighted by Crippen LogP contribution is -2.02. The van der Waals surface area contributed by atoms with Gasteiger partial charge in [0, 0.05) is 18.0 Å². The van der Waals surface area contributed by atoms with Gasteiger partial charge in [-0.25, -0.2) is 9.97 Å². The maximum Gasteiger partial charge on any atom is 0.159 e. The largest absolute Gasteiger partial charge is 0.236 e. The fourth-order valence-electron chi connectivity index (χ4n) is 2.91. The molecule has 3 heteroatoms. The van der Waals surface area contributed by atoms with E-state index >= 15 is 0 Å². The number of hydrogen-bond donors (Lipinski definition) is 0. The number of aryl methyl sites for hydroxylation is 1. The molecule has 0 saturated heterocycles. The Labute approximate surface area is 152 Å². The molecule has 1 heterocycles. The summed E-state index contributed by atoms with van der Waals surface area (Å²) in [5, 5.41) is 9.45. The predicted molar refractivity (Wildman–Crippen MR) is 103 cm³/mol. The van der Waals surface area contributed by atoms with Crippen molar-refractivity contribution in [1.82, 2.24) is 9.97 Å². The van der Waals surface area contributed by atoms with Crippen molar-refractivity contribution in [3.05, 3.63) is 47.8 Å². The Hall–Kier alpha value is -2.21. The number of benzene rings is 1. The van der Waals surface area contributed by atoms with Crippen molar-refractivity contribution in [2.75, 3.05) is 0 Å². The zero-order valence-electron chi connectivity index (χ0n) is 15.7. The smallest absolute Gasteiger partial charge is 0.159 e. The van der Waals surface area contributed by atoms with Gasteiger partial charge in [-0.05, 0) is 36.3 Å². The molecule has 2 rings (SSSR count). The molecule has 0 amide bonds. The molecule has 0 saturated carbocycles. The van der Waals surface area contributed by atoms with Gasteiger partial charge in [-0.15, -0.1) is 0 Å². The third-order valence-corrected chi connectivity index (χ3v) is 4.84. The molecule has 132 valence electrons. The predicted octanol–water partition coefficient (Wildman–Crippen LogP) is 5.92. The molecule has 2 atom stereocenters. The lowest BCUT2D eigenvalue weighted by atomic mass is 9.89. The zero-order valence-corrected chi connectivity index (χ0v) is 15.7. The number of unbranched alkanes of at least 4 members (excludes halogenated alkanes) is 2. The number of rotatable bonds is 9. The number of aromatic nitrogens is 2. The molecule has 0 bridgehead atoms. The van der Waals surface area contributed by atoms with Gasteiger partial charge in [0.25, 0.3) is 0 Å². The van der Waals surface area contributed by atoms with Gasteiger partial charge in [0.15, 0.2) is 5.82 Å². The van der Waals surface area contributed by atoms with E-state index in [1.165, 1.54) is 24.8 Å². The van der Waals surface area contributed by atoms with Gasteiger partial charge >= 0.3 is 0 Å². The van der Waals surface area contributed by atoms with Crippen molar-refractivity contribution < 1.29 is 0 Å². The van der Waals surface area contributed by atoms with Crippen LogP contribution in [0.15, 0.2) is 36.7 Å². The lowest BCUT2D eigenvalue weighted by Gasteiger charge is -2.14. The fourth-order valence-corrected chi connectivity index (χ4v) is 2.91. The minimum Gasteiger partial charge on any atom is -0.236 e. The molecule has 0 fully saturated rings. The van der Waals surface area contributed by atoms with Gasteiger partial charge in [-0.2, -0.15) is 5.26 Å². The summed E-state index contributed by atoms with van der Waals surface area (Å²) in [6.07, 6.45) is 10.6. The quantitative estimate of drug-likeness (QED) is 0.534. The van der Waals surface area contributed by atoms with Crippen LogP contribution in [0.2, 0.25) is 0 Å². The highest BCUT2D eigenvalue weighted by Gasteiger charge is 2.14. The van der Waals surface area contributed by atoms with Crippen LogP contribution < -0.4 is 0 Å². The first-order valence-electron chi connectivity index (χ1n) is 9.48. The molecule has 3 nitrogen and oxygen atoms in total. The molecule has 0 N–H and O–H groups in total. The molecule has 0 aliphatic rings. The first-order chi connectivity index (χ1) is 12.2. The van der Waals surface area contributed by atoms with Crippen molar-refractivity contribution in [1.29, 1.82) is 5.26 Å². The highest BCUT2D eigenvalue weighted by molar-refractivity contribution is 5.55. The highest BCUT2D eigenvalue weighted by Crippen LogP contribution is 2.26. The fraction of sp³-hybridized carbons (Fsp3) is 0.500. The monoisotopic (exact) mass is 335 g/mol. The minimum atomic E-state index is -0.0362. The van der Waals surface area contributed by atoms with E-state index in [1.807, 2.05) is 36.7 Å². The van der Waals surface area contributed by atoms with Crippen LogP contribution in [-0.4, -0.2) is 9.97 Å². The summed E-state index contributed by atoms with van der Waals surface area (Å²) >= 11 is 0. The normalized spacial score (nSPS) is 13.2. The van der Waals surface area contributed by atoms with Crippen LogP contribution in [0.25, 0.3) is 11.4 Å². The molecule has 0 aliphatic carbocycles. The summed E-state index contributed by atoms with van der Waals surface area (Å²) in [4.78, 5) is 9.02. The maximum atomic E-state index is 9.45. The van der Waals surface area contributed by atoms with E-state index in [9.17, 15) is 5.26 Å². The molecule has 25 heavy (non-hydrogen) atoms. The van der Waals surface area contributed by atoms with Gasteiger partial charge in [-0.1, -0.05) is 64.3 Å². The topological polar surface area (TPSA) is 49.6 Å². The molecule has 1 aromatic carbocycles. The summed E-state index contributed by atoms with van der Waals surface area (Å²) in [5.74, 6) is 1.28. The van der Waals surface area contributed by atoms with Crippen molar-refractivity contribution >= 4 is 0 Å². The standard InChI is InChI=1S/C22H29N3/c1-4-6-7-8-18-15-24-22(25-16-18)20-11-9-19(10-12-20)21(14-23)13-17(3)5-2/h9-12,15-17,21H,4-8,13H2,1-3H3. The average molecular weight is 335 g/mol. The van der Waals surface area contributed by atoms with Crippen molar-refractivity contribution in [3.63, 3.8) is 0 Å². The summed E-state index contributed by atoms with van der Waals surface area (Å²) in [6, 6.07) is 10.6. The van der Waals surface area contributed by atoms with Crippen LogP contribution in [0, 0.1) is 17.2 Å². The van der Waals surface area contributed by atoms with Crippen LogP contribution in [-0.2, 0) is 6.42 Å². The second-order valence-corrected chi connectivity index (χ2v) is 6.92. The molecule has 0 spiro atoms. The Bertz CT molecular complexity index is 668. The van der Waals surface area contributed by atoms with E-state index in [2.05, 4.69) is 36.8 Å². The summed E-state index contributed by atoms with van der Waals surface area (Å²) in [5.41, 5.74) is 3.29. The number of nitrogens with zero attached hydrogens (tertiary/aromatic N) is 3. The van der Waals surface area contributed by atoms with Crippen molar-refractivity contribution in [3.8, 4) is 17.5 Å². The molecular formula is C22H29N3. The van der Waals surface area contributed by atoms with Gasteiger partial charge in [0.1, 0.15) is 0 Å². The van der Waals surface area contributed by atoms with E-state index in [1.54, 1.807) is 0 Å². The van der Waals surface area contributed by atoms with Gasteiger partial charge in [0.05, 0.1) is 12.0 Å². The Kier molecular flexibility index (Phi) is 7.60. The van der Waals surface area contributed by atoms with Crippen molar-refractivity contribution in [2.45, 2.75) is 65.2 Å². The summed E-state index contributed by atoms with van der Waals surface area (Å²) in [7, 11) is 0. The lowest BCUT2D eigenvalue weighted by molar-refractivity contribution is 0.494. The van der Waals surface area contributed by atoms with Gasteiger partial charge < -0.3 is 0 Å². The molecular weight excluding hydrogens is 306 g/mol. The Morgan fingerprint density at radius 1 is 1.04 bits per heavy atom. The second-order valence-electron chi connectivity index (χ2n) is 6.92. The molecule has 2 aromatic rings. The molecule has 1 aromatic heterocycles. The highest BCUT2D eigenvalue weighted by atomic mass is 14.9. The van der Waals surface area contributed by atoms with Crippen LogP contribution in [0.1, 0.15) is 69.9 Å². The number of nitriles is 1. The van der Waals surface area contributed by atoms with Crippen molar-refractivity contribution in [2.24, 2.45) is 5.92 Å². The number of hydrogen-bond acceptors (Lipinski definition) is 3. The molecule has 0 radical (unpaired) electrons. The minimum absolute atomic E-state index is 0.0362. The van der Waals surface area contributed by atoms with Crippen LogP contribution in [0.5, 0.6) is 0 Å². The SMILES string of the molecule is CCCCCc1cnc(-c2ccc(C(C#N)CC(C)CC)cc2)nc1. The van der Waals surface area contributed by atoms with E-state index in [0.717, 1.165) is 36.2 Å². The zero-order chi connectivity index (χ0) is 18.1. The van der Waals surface area contributed by atoms with Crippen LogP contribution in [0.3, 0.4) is 0 Å². The van der Waals surface area contributed by atoms with E-state index in [4.69, 9.17) is 0 Å². The second kappa shape index (κ2) is 9.93. The van der Waals surface area contributed by atoms with Gasteiger partial charge in [-0.3, -0.25) is 0 Å². The summed E-state index contributed by atoms with van der Waals surface area (Å²) in [6.45, 7) is 6.59. The first kappa shape index (κ1) is 19.1. The van der Waals surface area contributed by atoms with Gasteiger partial charge in [0.2, 0.25) is 0 Å². The Balaban J connectivity index is 2.05. The van der Waals surface area contributed by atoms with Crippen LogP contribution in [0.4, 0.5) is 0 Å². The average Bonchev–Trinajstić information content (AvgIpc) is 2.67. The Morgan fingerprint density at radius 3 is 2.28 bits per heavy atom. The van der Waals surface area contributed by atoms with E-state index in [-0.39, 0.29) is 5.92 Å². The van der Waals surface area contributed by atoms with E-state index in [0.29, 0.717) is 5.92 Å². The van der Waals surface area contributed by atoms with Crippen LogP contribution >= 0.6 is 0 Å². The van der Waals surface area contributed by atoms with E-state index < -0.39 is 0 Å².